The Bertz CT molecular complexity index is 874. The van der Waals surface area contributed by atoms with E-state index in [4.69, 9.17) is 10.00 Å². The number of anilines is 1. The second-order valence-corrected chi connectivity index (χ2v) is 6.49. The molecule has 3 rings (SSSR count). The number of methoxy groups -OCH3 is 1. The van der Waals surface area contributed by atoms with E-state index in [1.807, 2.05) is 18.2 Å². The second-order valence-electron chi connectivity index (χ2n) is 6.49. The molecule has 0 atom stereocenters. The van der Waals surface area contributed by atoms with Crippen LogP contribution in [0.15, 0.2) is 47.5 Å². The molecule has 2 aromatic rings. The van der Waals surface area contributed by atoms with Crippen LogP contribution in [0.3, 0.4) is 0 Å². The number of nitrogens with one attached hydrogen (secondary N) is 1. The normalized spacial score (nSPS) is 14.1. The van der Waals surface area contributed by atoms with E-state index >= 15 is 0 Å². The minimum atomic E-state index is -0.328. The van der Waals surface area contributed by atoms with Gasteiger partial charge in [0.2, 0.25) is 0 Å². The van der Waals surface area contributed by atoms with Crippen molar-refractivity contribution >= 4 is 35.6 Å². The highest BCUT2D eigenvalue weighted by Crippen LogP contribution is 2.20. The van der Waals surface area contributed by atoms with E-state index in [1.165, 1.54) is 17.8 Å². The highest BCUT2D eigenvalue weighted by atomic mass is 127. The molecule has 1 N–H and O–H groups in total. The summed E-state index contributed by atoms with van der Waals surface area (Å²) < 4.78 is 19.2. The molecule has 0 bridgehead atoms. The molecular weight excluding hydrogens is 484 g/mol. The topological polar surface area (TPSA) is 63.9 Å². The number of piperazine rings is 1. The summed E-state index contributed by atoms with van der Waals surface area (Å²) in [5.74, 6) is 1.25. The lowest BCUT2D eigenvalue weighted by Gasteiger charge is -2.37. The van der Waals surface area contributed by atoms with Crippen LogP contribution in [0.25, 0.3) is 0 Å². The maximum absolute atomic E-state index is 14.0. The van der Waals surface area contributed by atoms with Gasteiger partial charge in [0.15, 0.2) is 5.96 Å². The van der Waals surface area contributed by atoms with Crippen molar-refractivity contribution in [3.05, 3.63) is 59.4 Å². The molecule has 0 unspecified atom stereocenters. The van der Waals surface area contributed by atoms with Crippen LogP contribution in [0.1, 0.15) is 11.1 Å². The number of aliphatic imine (C=N–C) groups is 1. The van der Waals surface area contributed by atoms with Crippen LogP contribution >= 0.6 is 24.0 Å². The number of hydrogen-bond donors (Lipinski definition) is 1. The summed E-state index contributed by atoms with van der Waals surface area (Å²) in [5, 5.41) is 12.2. The monoisotopic (exact) mass is 509 g/mol. The van der Waals surface area contributed by atoms with Crippen LogP contribution in [-0.2, 0) is 6.54 Å². The van der Waals surface area contributed by atoms with Crippen LogP contribution in [0, 0.1) is 17.1 Å². The molecule has 6 nitrogen and oxygen atoms in total. The summed E-state index contributed by atoms with van der Waals surface area (Å²) in [6.07, 6.45) is 0. The summed E-state index contributed by atoms with van der Waals surface area (Å²) in [6, 6.07) is 14.5. The lowest BCUT2D eigenvalue weighted by atomic mass is 10.1. The Morgan fingerprint density at radius 1 is 1.17 bits per heavy atom. The van der Waals surface area contributed by atoms with Gasteiger partial charge in [0.1, 0.15) is 11.6 Å². The molecule has 8 heteroatoms. The van der Waals surface area contributed by atoms with Gasteiger partial charge in [-0.3, -0.25) is 4.99 Å². The van der Waals surface area contributed by atoms with Crippen LogP contribution < -0.4 is 15.0 Å². The average Bonchev–Trinajstić information content (AvgIpc) is 2.76. The molecule has 1 aliphatic heterocycles. The van der Waals surface area contributed by atoms with Crippen LogP contribution in [0.5, 0.6) is 5.75 Å². The van der Waals surface area contributed by atoms with Crippen molar-refractivity contribution in [2.45, 2.75) is 6.54 Å². The minimum Gasteiger partial charge on any atom is -0.497 e. The molecule has 2 aromatic carbocycles. The van der Waals surface area contributed by atoms with Gasteiger partial charge in [0.05, 0.1) is 18.7 Å². The Morgan fingerprint density at radius 3 is 2.45 bits per heavy atom. The van der Waals surface area contributed by atoms with Crippen LogP contribution in [-0.4, -0.2) is 51.2 Å². The zero-order chi connectivity index (χ0) is 19.9. The van der Waals surface area contributed by atoms with Gasteiger partial charge in [0, 0.05) is 51.0 Å². The summed E-state index contributed by atoms with van der Waals surface area (Å²) in [5.41, 5.74) is 2.07. The van der Waals surface area contributed by atoms with Crippen LogP contribution in [0.2, 0.25) is 0 Å². The number of rotatable bonds is 4. The SMILES string of the molecule is CN=C(NCc1cc(C#N)ccc1F)N1CCN(c2ccc(OC)cc2)CC1.I. The smallest absolute Gasteiger partial charge is 0.194 e. The van der Waals surface area contributed by atoms with Gasteiger partial charge >= 0.3 is 0 Å². The predicted octanol–water partition coefficient (Wildman–Crippen LogP) is 3.22. The molecule has 29 heavy (non-hydrogen) atoms. The number of guanidine groups is 1. The quantitative estimate of drug-likeness (QED) is 0.390. The van der Waals surface area contributed by atoms with Crippen molar-refractivity contribution in [1.29, 1.82) is 5.26 Å². The van der Waals surface area contributed by atoms with Crippen molar-refractivity contribution in [2.75, 3.05) is 45.2 Å². The van der Waals surface area contributed by atoms with E-state index in [0.717, 1.165) is 37.9 Å². The number of ether oxygens (including phenoxy) is 1. The summed E-state index contributed by atoms with van der Waals surface area (Å²) in [7, 11) is 3.38. The zero-order valence-corrected chi connectivity index (χ0v) is 18.9. The Morgan fingerprint density at radius 2 is 1.86 bits per heavy atom. The predicted molar refractivity (Wildman–Crippen MR) is 124 cm³/mol. The lowest BCUT2D eigenvalue weighted by Crippen LogP contribution is -2.52. The van der Waals surface area contributed by atoms with Gasteiger partial charge in [-0.25, -0.2) is 4.39 Å². The summed E-state index contributed by atoms with van der Waals surface area (Å²) >= 11 is 0. The Balaban J connectivity index is 0.00000300. The minimum absolute atomic E-state index is 0. The van der Waals surface area contributed by atoms with Crippen molar-refractivity contribution in [2.24, 2.45) is 4.99 Å². The Hall–Kier alpha value is -2.54. The Kier molecular flexibility index (Phi) is 8.51. The molecule has 0 amide bonds. The van der Waals surface area contributed by atoms with Crippen molar-refractivity contribution in [3.63, 3.8) is 0 Å². The van der Waals surface area contributed by atoms with Crippen molar-refractivity contribution in [1.82, 2.24) is 10.2 Å². The van der Waals surface area contributed by atoms with Gasteiger partial charge in [-0.1, -0.05) is 0 Å². The maximum atomic E-state index is 14.0. The fourth-order valence-corrected chi connectivity index (χ4v) is 3.26. The number of nitrogens with zero attached hydrogens (tertiary/aromatic N) is 4. The van der Waals surface area contributed by atoms with Gasteiger partial charge in [0.25, 0.3) is 0 Å². The molecule has 1 aliphatic rings. The molecule has 154 valence electrons. The number of nitriles is 1. The third kappa shape index (κ3) is 5.73. The lowest BCUT2D eigenvalue weighted by molar-refractivity contribution is 0.372. The van der Waals surface area contributed by atoms with Crippen molar-refractivity contribution < 1.29 is 9.13 Å². The number of hydrogen-bond acceptors (Lipinski definition) is 4. The average molecular weight is 509 g/mol. The van der Waals surface area contributed by atoms with E-state index < -0.39 is 0 Å². The first-order valence-corrected chi connectivity index (χ1v) is 9.17. The molecule has 0 saturated carbocycles. The molecule has 0 aromatic heterocycles. The van der Waals surface area contributed by atoms with E-state index in [1.54, 1.807) is 20.2 Å². The van der Waals surface area contributed by atoms with E-state index in [0.29, 0.717) is 11.1 Å². The summed E-state index contributed by atoms with van der Waals surface area (Å²) in [4.78, 5) is 8.81. The van der Waals surface area contributed by atoms with Gasteiger partial charge in [-0.15, -0.1) is 24.0 Å². The first-order chi connectivity index (χ1) is 13.6. The van der Waals surface area contributed by atoms with E-state index in [9.17, 15) is 4.39 Å². The first-order valence-electron chi connectivity index (χ1n) is 9.17. The standard InChI is InChI=1S/C21H24FN5O.HI/c1-24-21(25-15-17-13-16(14-23)3-8-20(17)22)27-11-9-26(10-12-27)18-4-6-19(28-2)7-5-18;/h3-8,13H,9-12,15H2,1-2H3,(H,24,25);1H. The van der Waals surface area contributed by atoms with Gasteiger partial charge < -0.3 is 19.9 Å². The largest absolute Gasteiger partial charge is 0.497 e. The first kappa shape index (κ1) is 22.7. The fraction of sp³-hybridized carbons (Fsp3) is 0.333. The summed E-state index contributed by atoms with van der Waals surface area (Å²) in [6.45, 7) is 3.64. The fourth-order valence-electron chi connectivity index (χ4n) is 3.26. The third-order valence-electron chi connectivity index (χ3n) is 4.84. The van der Waals surface area contributed by atoms with E-state index in [2.05, 4.69) is 32.2 Å². The molecule has 1 heterocycles. The van der Waals surface area contributed by atoms with Gasteiger partial charge in [-0.2, -0.15) is 5.26 Å². The molecular formula is C21H25FIN5O. The molecule has 1 fully saturated rings. The third-order valence-corrected chi connectivity index (χ3v) is 4.84. The van der Waals surface area contributed by atoms with Crippen molar-refractivity contribution in [3.8, 4) is 11.8 Å². The highest BCUT2D eigenvalue weighted by Gasteiger charge is 2.20. The molecule has 0 aliphatic carbocycles. The molecule has 1 saturated heterocycles. The number of halogens is 2. The van der Waals surface area contributed by atoms with E-state index in [-0.39, 0.29) is 36.3 Å². The maximum Gasteiger partial charge on any atom is 0.194 e. The van der Waals surface area contributed by atoms with Crippen LogP contribution in [0.4, 0.5) is 10.1 Å². The number of benzene rings is 2. The molecule has 0 radical (unpaired) electrons. The molecule has 0 spiro atoms. The second kappa shape index (κ2) is 10.9. The van der Waals surface area contributed by atoms with Gasteiger partial charge in [-0.05, 0) is 42.5 Å². The highest BCUT2D eigenvalue weighted by molar-refractivity contribution is 14.0. The zero-order valence-electron chi connectivity index (χ0n) is 16.6. The Labute approximate surface area is 188 Å².